The van der Waals surface area contributed by atoms with Crippen LogP contribution in [-0.4, -0.2) is 17.4 Å². The molecule has 0 unspecified atom stereocenters. The summed E-state index contributed by atoms with van der Waals surface area (Å²) in [6.45, 7) is 0.311. The van der Waals surface area contributed by atoms with E-state index in [-0.39, 0.29) is 5.82 Å². The molecule has 1 amide bonds. The largest absolute Gasteiger partial charge is 0.327 e. The van der Waals surface area contributed by atoms with Crippen LogP contribution in [0, 0.1) is 17.5 Å². The summed E-state index contributed by atoms with van der Waals surface area (Å²) >= 11 is 0. The molecule has 0 bridgehead atoms. The molecule has 1 aliphatic rings. The van der Waals surface area contributed by atoms with Gasteiger partial charge in [0, 0.05) is 6.54 Å². The smallest absolute Gasteiger partial charge is 0.260 e. The molecule has 0 fully saturated rings. The summed E-state index contributed by atoms with van der Waals surface area (Å²) in [4.78, 5) is 14.5. The van der Waals surface area contributed by atoms with Gasteiger partial charge in [0.15, 0.2) is 0 Å². The second-order valence-corrected chi connectivity index (χ2v) is 6.50. The first kappa shape index (κ1) is 17.3. The van der Waals surface area contributed by atoms with Crippen molar-refractivity contribution in [2.75, 3.05) is 6.54 Å². The average Bonchev–Trinajstić information content (AvgIpc) is 2.67. The van der Waals surface area contributed by atoms with Crippen molar-refractivity contribution in [2.24, 2.45) is 0 Å². The lowest BCUT2D eigenvalue weighted by molar-refractivity contribution is 0.0684. The lowest BCUT2D eigenvalue weighted by Gasteiger charge is -2.38. The number of benzene rings is 3. The third-order valence-corrected chi connectivity index (χ3v) is 4.91. The number of nitrogens with zero attached hydrogens (tertiary/aromatic N) is 1. The maximum Gasteiger partial charge on any atom is 0.260 e. The summed E-state index contributed by atoms with van der Waals surface area (Å²) in [5, 5.41) is 0. The SMILES string of the molecule is O=C(c1c(F)cccc1F)N1CCc2ccccc2[C@H]1c1ccc(F)cc1. The molecular weight excluding hydrogens is 351 g/mol. The Hall–Kier alpha value is -3.08. The van der Waals surface area contributed by atoms with Gasteiger partial charge in [-0.15, -0.1) is 0 Å². The molecule has 1 heterocycles. The van der Waals surface area contributed by atoms with Crippen molar-refractivity contribution >= 4 is 5.91 Å². The Morgan fingerprint density at radius 1 is 0.852 bits per heavy atom. The number of hydrogen-bond donors (Lipinski definition) is 0. The molecule has 27 heavy (non-hydrogen) atoms. The van der Waals surface area contributed by atoms with Crippen LogP contribution in [0.1, 0.15) is 33.1 Å². The topological polar surface area (TPSA) is 20.3 Å². The molecule has 0 saturated heterocycles. The van der Waals surface area contributed by atoms with Crippen LogP contribution in [0.25, 0.3) is 0 Å². The summed E-state index contributed by atoms with van der Waals surface area (Å²) < 4.78 is 41.8. The van der Waals surface area contributed by atoms with Crippen molar-refractivity contribution < 1.29 is 18.0 Å². The Morgan fingerprint density at radius 3 is 2.22 bits per heavy atom. The van der Waals surface area contributed by atoms with Crippen LogP contribution in [0.5, 0.6) is 0 Å². The van der Waals surface area contributed by atoms with Crippen molar-refractivity contribution in [1.82, 2.24) is 4.90 Å². The van der Waals surface area contributed by atoms with Crippen LogP contribution < -0.4 is 0 Å². The van der Waals surface area contributed by atoms with E-state index in [1.54, 1.807) is 12.1 Å². The van der Waals surface area contributed by atoms with E-state index in [0.717, 1.165) is 23.3 Å². The molecule has 0 aliphatic carbocycles. The van der Waals surface area contributed by atoms with Crippen LogP contribution in [0.2, 0.25) is 0 Å². The first-order valence-corrected chi connectivity index (χ1v) is 8.64. The molecular formula is C22H16F3NO. The van der Waals surface area contributed by atoms with Gasteiger partial charge < -0.3 is 4.90 Å². The monoisotopic (exact) mass is 367 g/mol. The van der Waals surface area contributed by atoms with Gasteiger partial charge in [-0.05, 0) is 47.4 Å². The highest BCUT2D eigenvalue weighted by Crippen LogP contribution is 2.36. The molecule has 1 atom stereocenters. The predicted octanol–water partition coefficient (Wildman–Crippen LogP) is 4.89. The molecule has 3 aromatic rings. The maximum atomic E-state index is 14.2. The fourth-order valence-corrected chi connectivity index (χ4v) is 3.64. The lowest BCUT2D eigenvalue weighted by atomic mass is 9.87. The lowest BCUT2D eigenvalue weighted by Crippen LogP contribution is -2.41. The van der Waals surface area contributed by atoms with E-state index in [2.05, 4.69) is 0 Å². The zero-order valence-electron chi connectivity index (χ0n) is 14.3. The molecule has 0 N–H and O–H groups in total. The van der Waals surface area contributed by atoms with Gasteiger partial charge in [0.2, 0.25) is 0 Å². The number of halogens is 3. The molecule has 136 valence electrons. The minimum absolute atomic E-state index is 0.311. The highest BCUT2D eigenvalue weighted by molar-refractivity contribution is 5.95. The van der Waals surface area contributed by atoms with E-state index in [1.165, 1.54) is 23.1 Å². The molecule has 0 radical (unpaired) electrons. The second kappa shape index (κ2) is 6.91. The van der Waals surface area contributed by atoms with Gasteiger partial charge in [-0.3, -0.25) is 4.79 Å². The second-order valence-electron chi connectivity index (χ2n) is 6.50. The maximum absolute atomic E-state index is 14.2. The third kappa shape index (κ3) is 3.10. The van der Waals surface area contributed by atoms with Crippen LogP contribution in [0.15, 0.2) is 66.7 Å². The summed E-state index contributed by atoms with van der Waals surface area (Å²) in [5.41, 5.74) is 2.06. The van der Waals surface area contributed by atoms with Crippen molar-refractivity contribution in [2.45, 2.75) is 12.5 Å². The zero-order valence-corrected chi connectivity index (χ0v) is 14.3. The molecule has 1 aliphatic heterocycles. The normalized spacial score (nSPS) is 16.1. The van der Waals surface area contributed by atoms with E-state index in [9.17, 15) is 18.0 Å². The zero-order chi connectivity index (χ0) is 19.0. The van der Waals surface area contributed by atoms with Gasteiger partial charge in [0.1, 0.15) is 23.0 Å². The molecule has 5 heteroatoms. The molecule has 2 nitrogen and oxygen atoms in total. The van der Waals surface area contributed by atoms with Crippen molar-refractivity contribution in [1.29, 1.82) is 0 Å². The number of fused-ring (bicyclic) bond motifs is 1. The number of rotatable bonds is 2. The first-order chi connectivity index (χ1) is 13.1. The van der Waals surface area contributed by atoms with E-state index >= 15 is 0 Å². The highest BCUT2D eigenvalue weighted by atomic mass is 19.1. The fourth-order valence-electron chi connectivity index (χ4n) is 3.64. The summed E-state index contributed by atoms with van der Waals surface area (Å²) in [5.74, 6) is -2.89. The number of carbonyl (C=O) groups is 1. The third-order valence-electron chi connectivity index (χ3n) is 4.91. The Kier molecular flexibility index (Phi) is 4.44. The molecule has 4 rings (SSSR count). The number of hydrogen-bond acceptors (Lipinski definition) is 1. The minimum Gasteiger partial charge on any atom is -0.327 e. The first-order valence-electron chi connectivity index (χ1n) is 8.64. The number of amides is 1. The fraction of sp³-hybridized carbons (Fsp3) is 0.136. The Labute approximate surface area is 154 Å². The summed E-state index contributed by atoms with van der Waals surface area (Å²) in [7, 11) is 0. The van der Waals surface area contributed by atoms with E-state index in [0.29, 0.717) is 18.5 Å². The Morgan fingerprint density at radius 2 is 1.52 bits per heavy atom. The van der Waals surface area contributed by atoms with Gasteiger partial charge >= 0.3 is 0 Å². The quantitative estimate of drug-likeness (QED) is 0.631. The van der Waals surface area contributed by atoms with E-state index in [1.807, 2.05) is 24.3 Å². The molecule has 3 aromatic carbocycles. The van der Waals surface area contributed by atoms with Crippen LogP contribution in [-0.2, 0) is 6.42 Å². The van der Waals surface area contributed by atoms with Gasteiger partial charge in [0.05, 0.1) is 6.04 Å². The highest BCUT2D eigenvalue weighted by Gasteiger charge is 2.34. The van der Waals surface area contributed by atoms with E-state index < -0.39 is 29.1 Å². The summed E-state index contributed by atoms with van der Waals surface area (Å²) in [6, 6.07) is 16.3. The van der Waals surface area contributed by atoms with Crippen LogP contribution in [0.3, 0.4) is 0 Å². The Bertz CT molecular complexity index is 980. The van der Waals surface area contributed by atoms with E-state index in [4.69, 9.17) is 0 Å². The molecule has 0 aromatic heterocycles. The van der Waals surface area contributed by atoms with Crippen molar-refractivity contribution in [3.63, 3.8) is 0 Å². The van der Waals surface area contributed by atoms with Crippen molar-refractivity contribution in [3.05, 3.63) is 106 Å². The Balaban J connectivity index is 1.84. The van der Waals surface area contributed by atoms with Crippen LogP contribution >= 0.6 is 0 Å². The van der Waals surface area contributed by atoms with Crippen LogP contribution in [0.4, 0.5) is 13.2 Å². The predicted molar refractivity (Wildman–Crippen MR) is 95.8 cm³/mol. The average molecular weight is 367 g/mol. The van der Waals surface area contributed by atoms with Crippen molar-refractivity contribution in [3.8, 4) is 0 Å². The summed E-state index contributed by atoms with van der Waals surface area (Å²) in [6.07, 6.45) is 0.579. The number of carbonyl (C=O) groups excluding carboxylic acids is 1. The standard InChI is InChI=1S/C22H16F3NO/c23-16-10-8-15(9-11-16)21-17-5-2-1-4-14(17)12-13-26(21)22(27)20-18(24)6-3-7-19(20)25/h1-11,21H,12-13H2/t21-/m1/s1. The minimum atomic E-state index is -0.892. The molecule has 0 saturated carbocycles. The van der Waals surface area contributed by atoms with Gasteiger partial charge in [-0.25, -0.2) is 13.2 Å². The molecule has 0 spiro atoms. The van der Waals surface area contributed by atoms with Gasteiger partial charge in [-0.2, -0.15) is 0 Å². The van der Waals surface area contributed by atoms with Gasteiger partial charge in [0.25, 0.3) is 5.91 Å². The van der Waals surface area contributed by atoms with Gasteiger partial charge in [-0.1, -0.05) is 42.5 Å².